The Morgan fingerprint density at radius 3 is 2.62 bits per heavy atom. The summed E-state index contributed by atoms with van der Waals surface area (Å²) < 4.78 is 34.3. The molecule has 0 bridgehead atoms. The molecule has 0 aliphatic rings. The Balaban J connectivity index is 2.26. The third kappa shape index (κ3) is 3.65. The molecule has 5 nitrogen and oxygen atoms in total. The number of nitriles is 1. The summed E-state index contributed by atoms with van der Waals surface area (Å²) in [4.78, 5) is 11.6. The monoisotopic (exact) mass is 335 g/mol. The van der Waals surface area contributed by atoms with Crippen LogP contribution in [0.1, 0.15) is 32.0 Å². The number of carbonyl (C=O) groups is 1. The maximum absolute atomic E-state index is 14.2. The predicted octanol–water partition coefficient (Wildman–Crippen LogP) is 3.62. The van der Waals surface area contributed by atoms with Crippen LogP contribution < -0.4 is 5.32 Å². The Morgan fingerprint density at radius 2 is 2.04 bits per heavy atom. The van der Waals surface area contributed by atoms with Gasteiger partial charge in [0.25, 0.3) is 0 Å². The predicted molar refractivity (Wildman–Crippen MR) is 85.5 cm³/mol. The van der Waals surface area contributed by atoms with Gasteiger partial charge in [-0.1, -0.05) is 0 Å². The molecule has 0 atom stereocenters. The second kappa shape index (κ2) is 6.48. The van der Waals surface area contributed by atoms with Gasteiger partial charge in [-0.05, 0) is 45.4 Å². The normalized spacial score (nSPS) is 11.4. The zero-order valence-electron chi connectivity index (χ0n) is 14.0. The number of hydrogen-bond acceptors (Lipinski definition) is 3. The molecule has 2 rings (SSSR count). The van der Waals surface area contributed by atoms with E-state index in [2.05, 4.69) is 5.32 Å². The van der Waals surface area contributed by atoms with Gasteiger partial charge in [-0.15, -0.1) is 0 Å². The van der Waals surface area contributed by atoms with E-state index in [4.69, 9.17) is 4.74 Å². The van der Waals surface area contributed by atoms with Crippen LogP contribution in [0.5, 0.6) is 0 Å². The lowest BCUT2D eigenvalue weighted by molar-refractivity contribution is 0.0526. The van der Waals surface area contributed by atoms with Gasteiger partial charge in [-0.3, -0.25) is 0 Å². The van der Waals surface area contributed by atoms with Crippen LogP contribution in [0, 0.1) is 29.9 Å². The van der Waals surface area contributed by atoms with E-state index in [1.165, 1.54) is 10.6 Å². The zero-order chi connectivity index (χ0) is 18.1. The molecule has 2 aromatic rings. The van der Waals surface area contributed by atoms with Crippen molar-refractivity contribution in [3.8, 4) is 6.07 Å². The highest BCUT2D eigenvalue weighted by molar-refractivity contribution is 5.86. The lowest BCUT2D eigenvalue weighted by Gasteiger charge is -2.19. The van der Waals surface area contributed by atoms with E-state index in [0.29, 0.717) is 10.9 Å². The molecule has 0 aliphatic heterocycles. The topological polar surface area (TPSA) is 67.0 Å². The molecular weight excluding hydrogens is 316 g/mol. The summed E-state index contributed by atoms with van der Waals surface area (Å²) in [7, 11) is 0. The number of aromatic nitrogens is 1. The average Bonchev–Trinajstić information content (AvgIpc) is 2.82. The summed E-state index contributed by atoms with van der Waals surface area (Å²) in [5, 5.41) is 12.2. The number of amides is 1. The molecule has 0 saturated heterocycles. The summed E-state index contributed by atoms with van der Waals surface area (Å²) in [6, 6.07) is 4.58. The van der Waals surface area contributed by atoms with E-state index in [1.54, 1.807) is 27.7 Å². The van der Waals surface area contributed by atoms with Gasteiger partial charge < -0.3 is 14.6 Å². The van der Waals surface area contributed by atoms with Gasteiger partial charge in [0.05, 0.1) is 5.52 Å². The van der Waals surface area contributed by atoms with Crippen LogP contribution in [0.25, 0.3) is 10.9 Å². The number of aryl methyl sites for hydroxylation is 1. The van der Waals surface area contributed by atoms with Crippen LogP contribution in [-0.4, -0.2) is 22.8 Å². The van der Waals surface area contributed by atoms with E-state index < -0.39 is 23.3 Å². The molecule has 7 heteroatoms. The van der Waals surface area contributed by atoms with Crippen LogP contribution in [0.3, 0.4) is 0 Å². The molecule has 0 spiro atoms. The van der Waals surface area contributed by atoms with Crippen molar-refractivity contribution in [1.29, 1.82) is 5.26 Å². The van der Waals surface area contributed by atoms with Gasteiger partial charge in [0, 0.05) is 18.5 Å². The van der Waals surface area contributed by atoms with Crippen LogP contribution >= 0.6 is 0 Å². The van der Waals surface area contributed by atoms with Crippen molar-refractivity contribution in [2.45, 2.75) is 39.8 Å². The van der Waals surface area contributed by atoms with Crippen molar-refractivity contribution in [2.75, 3.05) is 6.54 Å². The number of carbonyl (C=O) groups excluding carboxylic acids is 1. The quantitative estimate of drug-likeness (QED) is 0.931. The number of nitrogens with one attached hydrogen (secondary N) is 1. The lowest BCUT2D eigenvalue weighted by atomic mass is 10.1. The maximum atomic E-state index is 14.2. The summed E-state index contributed by atoms with van der Waals surface area (Å²) >= 11 is 0. The highest BCUT2D eigenvalue weighted by atomic mass is 19.2. The van der Waals surface area contributed by atoms with E-state index in [1.807, 2.05) is 6.07 Å². The first-order valence-electron chi connectivity index (χ1n) is 7.49. The number of hydrogen-bond donors (Lipinski definition) is 1. The number of nitrogens with zero attached hydrogens (tertiary/aromatic N) is 2. The fraction of sp³-hybridized carbons (Fsp3) is 0.412. The molecule has 0 aliphatic carbocycles. The molecule has 1 amide bonds. The van der Waals surface area contributed by atoms with Gasteiger partial charge in [0.2, 0.25) is 0 Å². The molecule has 24 heavy (non-hydrogen) atoms. The number of rotatable bonds is 3. The fourth-order valence-corrected chi connectivity index (χ4v) is 2.44. The molecule has 1 aromatic carbocycles. The van der Waals surface area contributed by atoms with E-state index in [0.717, 1.165) is 6.07 Å². The number of alkyl carbamates (subject to hydrolysis) is 1. The third-order valence-electron chi connectivity index (χ3n) is 3.40. The molecule has 0 saturated carbocycles. The summed E-state index contributed by atoms with van der Waals surface area (Å²) in [6.07, 6.45) is -0.611. The van der Waals surface area contributed by atoms with E-state index >= 15 is 0 Å². The summed E-state index contributed by atoms with van der Waals surface area (Å²) in [6.45, 7) is 7.09. The first-order chi connectivity index (χ1) is 11.1. The molecule has 1 N–H and O–H groups in total. The van der Waals surface area contributed by atoms with Gasteiger partial charge in [-0.25, -0.2) is 13.6 Å². The minimum Gasteiger partial charge on any atom is -0.444 e. The molecule has 1 heterocycles. The van der Waals surface area contributed by atoms with Crippen LogP contribution in [-0.2, 0) is 11.3 Å². The number of benzene rings is 1. The standard InChI is InChI=1S/C17H19F2N3O2/c1-10-7-13(18)14(19)15-12(10)8-11(9-20)22(15)6-5-21-16(23)24-17(2,3)4/h7-8H,5-6H2,1-4H3,(H,21,23). The Hall–Kier alpha value is -2.62. The molecule has 0 fully saturated rings. The van der Waals surface area contributed by atoms with Crippen LogP contribution in [0.2, 0.25) is 0 Å². The third-order valence-corrected chi connectivity index (χ3v) is 3.40. The molecule has 0 radical (unpaired) electrons. The SMILES string of the molecule is Cc1cc(F)c(F)c2c1cc(C#N)n2CCNC(=O)OC(C)(C)C. The smallest absolute Gasteiger partial charge is 0.407 e. The number of halogens is 2. The number of fused-ring (bicyclic) bond motifs is 1. The van der Waals surface area contributed by atoms with Crippen molar-refractivity contribution < 1.29 is 18.3 Å². The van der Waals surface area contributed by atoms with Gasteiger partial charge in [-0.2, -0.15) is 5.26 Å². The van der Waals surface area contributed by atoms with Gasteiger partial charge in [0.15, 0.2) is 11.6 Å². The second-order valence-electron chi connectivity index (χ2n) is 6.47. The largest absolute Gasteiger partial charge is 0.444 e. The highest BCUT2D eigenvalue weighted by Crippen LogP contribution is 2.27. The lowest BCUT2D eigenvalue weighted by Crippen LogP contribution is -2.34. The van der Waals surface area contributed by atoms with Crippen molar-refractivity contribution in [2.24, 2.45) is 0 Å². The zero-order valence-corrected chi connectivity index (χ0v) is 14.0. The van der Waals surface area contributed by atoms with Crippen LogP contribution in [0.4, 0.5) is 13.6 Å². The van der Waals surface area contributed by atoms with E-state index in [-0.39, 0.29) is 24.3 Å². The number of ether oxygens (including phenoxy) is 1. The molecule has 128 valence electrons. The molecular formula is C17H19F2N3O2. The minimum atomic E-state index is -1.01. The van der Waals surface area contributed by atoms with Crippen molar-refractivity contribution in [3.63, 3.8) is 0 Å². The fourth-order valence-electron chi connectivity index (χ4n) is 2.44. The van der Waals surface area contributed by atoms with Gasteiger partial charge in [0.1, 0.15) is 17.4 Å². The van der Waals surface area contributed by atoms with Crippen molar-refractivity contribution in [1.82, 2.24) is 9.88 Å². The first kappa shape index (κ1) is 17.7. The Labute approximate surface area is 138 Å². The first-order valence-corrected chi connectivity index (χ1v) is 7.49. The molecule has 0 unspecified atom stereocenters. The average molecular weight is 335 g/mol. The molecule has 1 aromatic heterocycles. The second-order valence-corrected chi connectivity index (χ2v) is 6.47. The minimum absolute atomic E-state index is 0.0232. The highest BCUT2D eigenvalue weighted by Gasteiger charge is 2.19. The van der Waals surface area contributed by atoms with Crippen molar-refractivity contribution in [3.05, 3.63) is 35.0 Å². The van der Waals surface area contributed by atoms with Crippen molar-refractivity contribution >= 4 is 17.0 Å². The Kier molecular flexibility index (Phi) is 4.78. The Bertz CT molecular complexity index is 829. The van der Waals surface area contributed by atoms with Crippen LogP contribution in [0.15, 0.2) is 12.1 Å². The maximum Gasteiger partial charge on any atom is 0.407 e. The van der Waals surface area contributed by atoms with E-state index in [9.17, 15) is 18.8 Å². The summed E-state index contributed by atoms with van der Waals surface area (Å²) in [5.74, 6) is -1.97. The Morgan fingerprint density at radius 1 is 1.38 bits per heavy atom. The summed E-state index contributed by atoms with van der Waals surface area (Å²) in [5.41, 5.74) is 0.131. The van der Waals surface area contributed by atoms with Gasteiger partial charge >= 0.3 is 6.09 Å².